The molecular formula is C10H6FNO3. The molecule has 0 bridgehead atoms. The molecule has 0 radical (unpaired) electrons. The Morgan fingerprint density at radius 3 is 2.73 bits per heavy atom. The van der Waals surface area contributed by atoms with E-state index in [4.69, 9.17) is 4.42 Å². The van der Waals surface area contributed by atoms with E-state index in [0.29, 0.717) is 0 Å². The van der Waals surface area contributed by atoms with Crippen molar-refractivity contribution in [3.8, 4) is 11.3 Å². The van der Waals surface area contributed by atoms with Gasteiger partial charge in [0.1, 0.15) is 11.6 Å². The third-order valence-electron chi connectivity index (χ3n) is 1.94. The molecule has 0 atom stereocenters. The molecule has 2 aromatic rings. The lowest BCUT2D eigenvalue weighted by Crippen LogP contribution is -1.92. The smallest absolute Gasteiger partial charge is 0.280 e. The van der Waals surface area contributed by atoms with Crippen LogP contribution < -0.4 is 0 Å². The molecule has 0 saturated heterocycles. The molecule has 4 nitrogen and oxygen atoms in total. The molecule has 1 heterocycles. The van der Waals surface area contributed by atoms with Crippen molar-refractivity contribution in [2.24, 2.45) is 0 Å². The van der Waals surface area contributed by atoms with Crippen LogP contribution in [0.2, 0.25) is 0 Å². The van der Waals surface area contributed by atoms with Gasteiger partial charge in [0.2, 0.25) is 0 Å². The number of hydrogen-bond donors (Lipinski definition) is 0. The molecule has 0 aliphatic rings. The maximum atomic E-state index is 12.9. The lowest BCUT2D eigenvalue weighted by Gasteiger charge is -1.99. The fourth-order valence-electron chi connectivity index (χ4n) is 1.30. The standard InChI is InChI=1S/C10H6FNO3/c11-7-3-4-9(12(13)14)8(6-7)10-2-1-5-15-10/h1-6H. The normalized spacial score (nSPS) is 10.2. The molecule has 0 fully saturated rings. The number of furan rings is 1. The zero-order chi connectivity index (χ0) is 10.8. The van der Waals surface area contributed by atoms with Gasteiger partial charge in [-0.1, -0.05) is 0 Å². The molecule has 0 saturated carbocycles. The van der Waals surface area contributed by atoms with Gasteiger partial charge in [-0.2, -0.15) is 0 Å². The van der Waals surface area contributed by atoms with E-state index in [0.717, 1.165) is 18.2 Å². The Kier molecular flexibility index (Phi) is 2.21. The van der Waals surface area contributed by atoms with Gasteiger partial charge in [-0.15, -0.1) is 0 Å². The van der Waals surface area contributed by atoms with Crippen LogP contribution in [0.5, 0.6) is 0 Å². The predicted octanol–water partition coefficient (Wildman–Crippen LogP) is 2.99. The lowest BCUT2D eigenvalue weighted by atomic mass is 10.1. The first-order valence-electron chi connectivity index (χ1n) is 4.16. The van der Waals surface area contributed by atoms with E-state index in [1.54, 1.807) is 12.1 Å². The summed E-state index contributed by atoms with van der Waals surface area (Å²) in [6, 6.07) is 6.38. The Morgan fingerprint density at radius 2 is 2.13 bits per heavy atom. The summed E-state index contributed by atoms with van der Waals surface area (Å²) in [5.41, 5.74) is -0.0312. The largest absolute Gasteiger partial charge is 0.464 e. The number of nitro groups is 1. The highest BCUT2D eigenvalue weighted by atomic mass is 19.1. The van der Waals surface area contributed by atoms with E-state index in [2.05, 4.69) is 0 Å². The van der Waals surface area contributed by atoms with Crippen LogP contribution in [0.1, 0.15) is 0 Å². The van der Waals surface area contributed by atoms with E-state index in [9.17, 15) is 14.5 Å². The number of hydrogen-bond acceptors (Lipinski definition) is 3. The van der Waals surface area contributed by atoms with Gasteiger partial charge >= 0.3 is 0 Å². The topological polar surface area (TPSA) is 56.3 Å². The summed E-state index contributed by atoms with van der Waals surface area (Å²) in [6.07, 6.45) is 1.38. The fraction of sp³-hybridized carbons (Fsp3) is 0. The maximum absolute atomic E-state index is 12.9. The second-order valence-corrected chi connectivity index (χ2v) is 2.90. The van der Waals surface area contributed by atoms with Crippen LogP contribution in [0.15, 0.2) is 41.0 Å². The van der Waals surface area contributed by atoms with Crippen molar-refractivity contribution in [3.05, 3.63) is 52.5 Å². The van der Waals surface area contributed by atoms with Crippen LogP contribution >= 0.6 is 0 Å². The zero-order valence-corrected chi connectivity index (χ0v) is 7.51. The van der Waals surface area contributed by atoms with Crippen LogP contribution in [0.25, 0.3) is 11.3 Å². The van der Waals surface area contributed by atoms with Gasteiger partial charge in [-0.25, -0.2) is 4.39 Å². The second-order valence-electron chi connectivity index (χ2n) is 2.90. The fourth-order valence-corrected chi connectivity index (χ4v) is 1.30. The molecule has 0 amide bonds. The van der Waals surface area contributed by atoms with Crippen molar-refractivity contribution in [1.29, 1.82) is 0 Å². The highest BCUT2D eigenvalue weighted by molar-refractivity contribution is 5.69. The molecule has 1 aromatic heterocycles. The number of halogens is 1. The summed E-state index contributed by atoms with van der Waals surface area (Å²) in [7, 11) is 0. The molecule has 1 aromatic carbocycles. The van der Waals surface area contributed by atoms with Gasteiger partial charge < -0.3 is 4.42 Å². The van der Waals surface area contributed by atoms with Crippen LogP contribution in [0.3, 0.4) is 0 Å². The maximum Gasteiger partial charge on any atom is 0.280 e. The third kappa shape index (κ3) is 1.71. The van der Waals surface area contributed by atoms with E-state index in [1.807, 2.05) is 0 Å². The molecule has 5 heteroatoms. The quantitative estimate of drug-likeness (QED) is 0.561. The minimum absolute atomic E-state index is 0.144. The summed E-state index contributed by atoms with van der Waals surface area (Å²) < 4.78 is 17.9. The molecule has 0 N–H and O–H groups in total. The van der Waals surface area contributed by atoms with E-state index >= 15 is 0 Å². The summed E-state index contributed by atoms with van der Waals surface area (Å²) in [6.45, 7) is 0. The van der Waals surface area contributed by atoms with E-state index in [1.165, 1.54) is 6.26 Å². The van der Waals surface area contributed by atoms with Gasteiger partial charge in [-0.3, -0.25) is 10.1 Å². The number of rotatable bonds is 2. The first kappa shape index (κ1) is 9.39. The first-order valence-corrected chi connectivity index (χ1v) is 4.16. The van der Waals surface area contributed by atoms with Crippen molar-refractivity contribution >= 4 is 5.69 Å². The minimum Gasteiger partial charge on any atom is -0.464 e. The van der Waals surface area contributed by atoms with Crippen LogP contribution in [-0.2, 0) is 0 Å². The third-order valence-corrected chi connectivity index (χ3v) is 1.94. The molecule has 0 spiro atoms. The summed E-state index contributed by atoms with van der Waals surface area (Å²) >= 11 is 0. The SMILES string of the molecule is O=[N+]([O-])c1ccc(F)cc1-c1ccco1. The van der Waals surface area contributed by atoms with Gasteiger partial charge in [-0.05, 0) is 24.3 Å². The monoisotopic (exact) mass is 207 g/mol. The van der Waals surface area contributed by atoms with E-state index in [-0.39, 0.29) is 17.0 Å². The second kappa shape index (κ2) is 3.53. The minimum atomic E-state index is -0.572. The van der Waals surface area contributed by atoms with Gasteiger partial charge in [0.15, 0.2) is 0 Å². The van der Waals surface area contributed by atoms with Crippen LogP contribution in [0.4, 0.5) is 10.1 Å². The van der Waals surface area contributed by atoms with Gasteiger partial charge in [0.05, 0.1) is 16.7 Å². The van der Waals surface area contributed by atoms with Crippen molar-refractivity contribution in [2.45, 2.75) is 0 Å². The Labute approximate surface area is 84.1 Å². The average molecular weight is 207 g/mol. The number of benzene rings is 1. The molecule has 0 aliphatic carbocycles. The van der Waals surface area contributed by atoms with Gasteiger partial charge in [0.25, 0.3) is 5.69 Å². The first-order chi connectivity index (χ1) is 7.18. The zero-order valence-electron chi connectivity index (χ0n) is 7.51. The Hall–Kier alpha value is -2.17. The summed E-state index contributed by atoms with van der Waals surface area (Å²) in [5.74, 6) is -0.256. The van der Waals surface area contributed by atoms with Crippen LogP contribution in [-0.4, -0.2) is 4.92 Å². The number of nitro benzene ring substituents is 1. The summed E-state index contributed by atoms with van der Waals surface area (Å²) in [5, 5.41) is 10.7. The highest BCUT2D eigenvalue weighted by Gasteiger charge is 2.17. The van der Waals surface area contributed by atoms with Crippen molar-refractivity contribution < 1.29 is 13.7 Å². The molecule has 15 heavy (non-hydrogen) atoms. The highest BCUT2D eigenvalue weighted by Crippen LogP contribution is 2.30. The van der Waals surface area contributed by atoms with Crippen molar-refractivity contribution in [3.63, 3.8) is 0 Å². The molecule has 2 rings (SSSR count). The van der Waals surface area contributed by atoms with Gasteiger partial charge in [0, 0.05) is 6.07 Å². The lowest BCUT2D eigenvalue weighted by molar-refractivity contribution is -0.384. The molecule has 0 aliphatic heterocycles. The van der Waals surface area contributed by atoms with E-state index < -0.39 is 10.7 Å². The van der Waals surface area contributed by atoms with Crippen molar-refractivity contribution in [2.75, 3.05) is 0 Å². The number of nitrogens with zero attached hydrogens (tertiary/aromatic N) is 1. The predicted molar refractivity (Wildman–Crippen MR) is 50.8 cm³/mol. The Morgan fingerprint density at radius 1 is 1.33 bits per heavy atom. The van der Waals surface area contributed by atoms with Crippen molar-refractivity contribution in [1.82, 2.24) is 0 Å². The molecule has 0 unspecified atom stereocenters. The Balaban J connectivity index is 2.63. The molecular weight excluding hydrogens is 201 g/mol. The summed E-state index contributed by atoms with van der Waals surface area (Å²) in [4.78, 5) is 10.1. The van der Waals surface area contributed by atoms with Crippen LogP contribution in [0, 0.1) is 15.9 Å². The Bertz CT molecular complexity index is 493. The average Bonchev–Trinajstić information content (AvgIpc) is 2.69. The molecule has 76 valence electrons.